The summed E-state index contributed by atoms with van der Waals surface area (Å²) in [6, 6.07) is 1.13. The van der Waals surface area contributed by atoms with Crippen molar-refractivity contribution >= 4 is 30.3 Å². The third kappa shape index (κ3) is 10.5. The van der Waals surface area contributed by atoms with Crippen molar-refractivity contribution in [3.63, 3.8) is 0 Å². The highest BCUT2D eigenvalue weighted by atomic mass is 28.3. The van der Waals surface area contributed by atoms with Gasteiger partial charge in [0.05, 0.1) is 0 Å². The van der Waals surface area contributed by atoms with E-state index in [1.54, 1.807) is 0 Å². The van der Waals surface area contributed by atoms with E-state index >= 15 is 0 Å². The van der Waals surface area contributed by atoms with E-state index in [2.05, 4.69) is 33.6 Å². The van der Waals surface area contributed by atoms with E-state index in [1.807, 2.05) is 0 Å². The Balaban J connectivity index is 2.80. The summed E-state index contributed by atoms with van der Waals surface area (Å²) in [6.45, 7) is 1.13. The summed E-state index contributed by atoms with van der Waals surface area (Å²) < 4.78 is 9.71. The average Bonchev–Trinajstić information content (AvgIpc) is 1.96. The monoisotopic (exact) mass is 202 g/mol. The first-order valence-corrected chi connectivity index (χ1v) is 5.72. The number of rotatable bonds is 7. The molecule has 0 rings (SSSR count). The highest BCUT2D eigenvalue weighted by molar-refractivity contribution is 6.41. The SMILES string of the molecule is CN(C)CCC[Si]O[Si]O[Si]. The van der Waals surface area contributed by atoms with Crippen LogP contribution in [0.15, 0.2) is 0 Å². The van der Waals surface area contributed by atoms with Gasteiger partial charge >= 0.3 is 10.0 Å². The minimum absolute atomic E-state index is 0.133. The largest absolute Gasteiger partial charge is 0.435 e. The lowest BCUT2D eigenvalue weighted by molar-refractivity contribution is 0.405. The van der Waals surface area contributed by atoms with Crippen molar-refractivity contribution in [2.24, 2.45) is 0 Å². The molecule has 0 aromatic carbocycles. The third-order valence-electron chi connectivity index (χ3n) is 1.04. The molecule has 0 heterocycles. The maximum atomic E-state index is 5.13. The van der Waals surface area contributed by atoms with Gasteiger partial charge in [0.2, 0.25) is 20.2 Å². The van der Waals surface area contributed by atoms with Gasteiger partial charge in [-0.05, 0) is 33.1 Å². The molecule has 0 aromatic rings. The van der Waals surface area contributed by atoms with Crippen LogP contribution in [0.5, 0.6) is 0 Å². The van der Waals surface area contributed by atoms with Gasteiger partial charge in [-0.3, -0.25) is 0 Å². The third-order valence-corrected chi connectivity index (χ3v) is 2.84. The van der Waals surface area contributed by atoms with Gasteiger partial charge in [0, 0.05) is 0 Å². The van der Waals surface area contributed by atoms with Gasteiger partial charge in [-0.25, -0.2) is 0 Å². The van der Waals surface area contributed by atoms with Gasteiger partial charge in [0.25, 0.3) is 0 Å². The number of nitrogens with zero attached hydrogens (tertiary/aromatic N) is 1. The van der Waals surface area contributed by atoms with Crippen LogP contribution in [0.2, 0.25) is 6.04 Å². The van der Waals surface area contributed by atoms with Crippen LogP contribution in [0.4, 0.5) is 0 Å². The smallest absolute Gasteiger partial charge is 0.409 e. The zero-order valence-corrected chi connectivity index (χ0v) is 9.89. The summed E-state index contributed by atoms with van der Waals surface area (Å²) >= 11 is 0. The van der Waals surface area contributed by atoms with Crippen LogP contribution in [0.3, 0.4) is 0 Å². The van der Waals surface area contributed by atoms with Crippen LogP contribution in [0, 0.1) is 0 Å². The van der Waals surface area contributed by atoms with Gasteiger partial charge in [0.15, 0.2) is 0 Å². The Kier molecular flexibility index (Phi) is 9.04. The topological polar surface area (TPSA) is 21.7 Å². The molecule has 11 heavy (non-hydrogen) atoms. The summed E-state index contributed by atoms with van der Waals surface area (Å²) in [7, 11) is 7.72. The summed E-state index contributed by atoms with van der Waals surface area (Å²) in [6.07, 6.45) is 1.19. The Hall–Kier alpha value is 0.531. The molecule has 0 aliphatic rings. The van der Waals surface area contributed by atoms with Crippen LogP contribution in [0.1, 0.15) is 6.42 Å². The van der Waals surface area contributed by atoms with Crippen molar-refractivity contribution in [2.45, 2.75) is 12.5 Å². The van der Waals surface area contributed by atoms with E-state index in [1.165, 1.54) is 6.42 Å². The minimum atomic E-state index is 0.133. The van der Waals surface area contributed by atoms with Crippen molar-refractivity contribution < 1.29 is 8.23 Å². The molecular weight excluding hydrogens is 190 g/mol. The van der Waals surface area contributed by atoms with Crippen molar-refractivity contribution in [2.75, 3.05) is 20.6 Å². The van der Waals surface area contributed by atoms with Crippen molar-refractivity contribution in [1.29, 1.82) is 0 Å². The quantitative estimate of drug-likeness (QED) is 0.415. The van der Waals surface area contributed by atoms with Crippen molar-refractivity contribution in [3.05, 3.63) is 0 Å². The summed E-state index contributed by atoms with van der Waals surface area (Å²) in [4.78, 5) is 2.17. The van der Waals surface area contributed by atoms with E-state index in [0.29, 0.717) is 9.76 Å². The van der Waals surface area contributed by atoms with Crippen LogP contribution in [0.25, 0.3) is 0 Å². The first-order chi connectivity index (χ1) is 5.27. The Morgan fingerprint density at radius 3 is 2.73 bits per heavy atom. The molecule has 0 spiro atoms. The maximum absolute atomic E-state index is 5.13. The van der Waals surface area contributed by atoms with E-state index in [9.17, 15) is 0 Å². The predicted octanol–water partition coefficient (Wildman–Crippen LogP) is -0.374. The molecule has 0 saturated carbocycles. The molecule has 6 heteroatoms. The predicted molar refractivity (Wildman–Crippen MR) is 47.4 cm³/mol. The maximum Gasteiger partial charge on any atom is 0.409 e. The molecule has 0 N–H and O–H groups in total. The van der Waals surface area contributed by atoms with Crippen LogP contribution in [-0.4, -0.2) is 55.8 Å². The zero-order chi connectivity index (χ0) is 8.53. The van der Waals surface area contributed by atoms with Gasteiger partial charge in [-0.15, -0.1) is 0 Å². The Morgan fingerprint density at radius 1 is 1.45 bits per heavy atom. The summed E-state index contributed by atoms with van der Waals surface area (Å²) in [5.74, 6) is 0. The second-order valence-electron chi connectivity index (χ2n) is 2.34. The summed E-state index contributed by atoms with van der Waals surface area (Å²) in [5.41, 5.74) is 0. The fraction of sp³-hybridized carbons (Fsp3) is 1.00. The van der Waals surface area contributed by atoms with Gasteiger partial charge in [-0.2, -0.15) is 0 Å². The lowest BCUT2D eigenvalue weighted by atomic mass is 10.5. The van der Waals surface area contributed by atoms with E-state index in [4.69, 9.17) is 4.12 Å². The molecule has 0 unspecified atom stereocenters. The lowest BCUT2D eigenvalue weighted by Gasteiger charge is -2.07. The van der Waals surface area contributed by atoms with Crippen LogP contribution < -0.4 is 0 Å². The molecule has 0 aromatic heterocycles. The van der Waals surface area contributed by atoms with Crippen LogP contribution in [-0.2, 0) is 8.23 Å². The highest BCUT2D eigenvalue weighted by Crippen LogP contribution is 1.90. The average molecular weight is 202 g/mol. The zero-order valence-electron chi connectivity index (χ0n) is 6.89. The van der Waals surface area contributed by atoms with E-state index in [0.717, 1.165) is 12.6 Å². The molecule has 61 valence electrons. The Bertz CT molecular complexity index is 84.1. The molecule has 3 nitrogen and oxygen atoms in total. The van der Waals surface area contributed by atoms with E-state index < -0.39 is 0 Å². The molecular formula is C5H12NO2Si3. The van der Waals surface area contributed by atoms with Gasteiger partial charge < -0.3 is 13.1 Å². The highest BCUT2D eigenvalue weighted by Gasteiger charge is 1.94. The first-order valence-electron chi connectivity index (χ1n) is 3.38. The van der Waals surface area contributed by atoms with Crippen molar-refractivity contribution in [3.8, 4) is 0 Å². The number of hydrogen-bond donors (Lipinski definition) is 0. The number of hydrogen-bond acceptors (Lipinski definition) is 3. The summed E-state index contributed by atoms with van der Waals surface area (Å²) in [5, 5.41) is 0. The van der Waals surface area contributed by atoms with Crippen LogP contribution >= 0.6 is 0 Å². The fourth-order valence-electron chi connectivity index (χ4n) is 0.569. The fourth-order valence-corrected chi connectivity index (χ4v) is 2.06. The molecule has 0 fully saturated rings. The minimum Gasteiger partial charge on any atom is -0.435 e. The molecule has 0 atom stereocenters. The molecule has 0 amide bonds. The molecule has 7 radical (unpaired) electrons. The second kappa shape index (κ2) is 8.63. The van der Waals surface area contributed by atoms with Gasteiger partial charge in [-0.1, -0.05) is 0 Å². The normalized spacial score (nSPS) is 10.9. The van der Waals surface area contributed by atoms with Gasteiger partial charge in [0.1, 0.15) is 0 Å². The molecule has 0 saturated heterocycles. The first kappa shape index (κ1) is 11.5. The Labute approximate surface area is 77.0 Å². The standard InChI is InChI=1S/C5H12NO2Si3/c1-6(2)4-3-5-10-8-11-7-9/h3-5H2,1-2H3. The Morgan fingerprint density at radius 2 is 2.18 bits per heavy atom. The van der Waals surface area contributed by atoms with E-state index in [-0.39, 0.29) is 10.0 Å². The molecule has 0 aliphatic carbocycles. The molecule has 0 bridgehead atoms. The van der Waals surface area contributed by atoms with Crippen molar-refractivity contribution in [1.82, 2.24) is 4.90 Å². The lowest BCUT2D eigenvalue weighted by Crippen LogP contribution is -2.14. The molecule has 0 aliphatic heterocycles. The second-order valence-corrected chi connectivity index (χ2v) is 4.93.